The van der Waals surface area contributed by atoms with E-state index in [4.69, 9.17) is 4.74 Å². The second-order valence-electron chi connectivity index (χ2n) is 7.72. The molecule has 0 aliphatic carbocycles. The quantitative estimate of drug-likeness (QED) is 0.377. The average Bonchev–Trinajstić information content (AvgIpc) is 3.12. The van der Waals surface area contributed by atoms with E-state index in [0.29, 0.717) is 19.6 Å². The second kappa shape index (κ2) is 10.5. The lowest BCUT2D eigenvalue weighted by Crippen LogP contribution is -2.40. The highest BCUT2D eigenvalue weighted by atomic mass is 16.6. The predicted octanol–water partition coefficient (Wildman–Crippen LogP) is 3.00. The first-order valence-electron chi connectivity index (χ1n) is 9.76. The zero-order chi connectivity index (χ0) is 21.3. The van der Waals surface area contributed by atoms with Gasteiger partial charge in [-0.25, -0.2) is 9.78 Å². The molecule has 1 aromatic carbocycles. The van der Waals surface area contributed by atoms with E-state index in [1.165, 1.54) is 0 Å². The van der Waals surface area contributed by atoms with Crippen LogP contribution in [0.4, 0.5) is 4.79 Å². The van der Waals surface area contributed by atoms with Gasteiger partial charge in [0.05, 0.1) is 18.4 Å². The van der Waals surface area contributed by atoms with Crippen molar-refractivity contribution in [2.24, 2.45) is 4.99 Å². The normalized spacial score (nSPS) is 11.8. The third-order valence-corrected chi connectivity index (χ3v) is 3.98. The Morgan fingerprint density at radius 3 is 2.55 bits per heavy atom. The summed E-state index contributed by atoms with van der Waals surface area (Å²) in [5.74, 6) is 1.63. The Kier molecular flexibility index (Phi) is 8.06. The van der Waals surface area contributed by atoms with Crippen LogP contribution in [-0.4, -0.2) is 59.7 Å². The van der Waals surface area contributed by atoms with Crippen molar-refractivity contribution in [3.63, 3.8) is 0 Å². The van der Waals surface area contributed by atoms with Crippen LogP contribution in [-0.2, 0) is 11.3 Å². The number of carbonyl (C=O) groups is 1. The molecule has 2 aromatic rings. The van der Waals surface area contributed by atoms with E-state index in [0.717, 1.165) is 29.5 Å². The van der Waals surface area contributed by atoms with Crippen LogP contribution in [0.25, 0.3) is 11.3 Å². The zero-order valence-electron chi connectivity index (χ0n) is 18.0. The molecule has 1 aromatic heterocycles. The molecule has 0 bridgehead atoms. The molecule has 3 N–H and O–H groups in total. The van der Waals surface area contributed by atoms with Gasteiger partial charge in [-0.05, 0) is 32.8 Å². The minimum atomic E-state index is -0.487. The highest BCUT2D eigenvalue weighted by Gasteiger charge is 2.15. The minimum absolute atomic E-state index is 0.397. The van der Waals surface area contributed by atoms with Gasteiger partial charge < -0.3 is 25.3 Å². The van der Waals surface area contributed by atoms with Gasteiger partial charge in [0.1, 0.15) is 11.4 Å². The number of ether oxygens (including phenoxy) is 1. The molecule has 1 amide bonds. The third kappa shape index (κ3) is 7.85. The van der Waals surface area contributed by atoms with E-state index < -0.39 is 11.7 Å². The number of carbonyl (C=O) groups excluding carboxylic acids is 1. The maximum atomic E-state index is 11.6. The number of nitrogens with one attached hydrogen (secondary N) is 3. The molecule has 0 aliphatic rings. The Morgan fingerprint density at radius 1 is 1.21 bits per heavy atom. The summed E-state index contributed by atoms with van der Waals surface area (Å²) >= 11 is 0. The van der Waals surface area contributed by atoms with Gasteiger partial charge >= 0.3 is 6.09 Å². The second-order valence-corrected chi connectivity index (χ2v) is 7.72. The molecule has 0 saturated carbocycles. The lowest BCUT2D eigenvalue weighted by molar-refractivity contribution is 0.0527. The van der Waals surface area contributed by atoms with Gasteiger partial charge in [0.25, 0.3) is 0 Å². The van der Waals surface area contributed by atoms with Crippen molar-refractivity contribution in [1.29, 1.82) is 0 Å². The highest BCUT2D eigenvalue weighted by molar-refractivity contribution is 5.79. The number of rotatable bonds is 7. The number of H-pyrrole nitrogens is 1. The average molecular weight is 401 g/mol. The minimum Gasteiger partial charge on any atom is -0.444 e. The van der Waals surface area contributed by atoms with Crippen LogP contribution in [0.5, 0.6) is 0 Å². The largest absolute Gasteiger partial charge is 0.444 e. The van der Waals surface area contributed by atoms with Gasteiger partial charge in [0.2, 0.25) is 0 Å². The molecule has 29 heavy (non-hydrogen) atoms. The van der Waals surface area contributed by atoms with Gasteiger partial charge in [-0.3, -0.25) is 4.99 Å². The summed E-state index contributed by atoms with van der Waals surface area (Å²) in [7, 11) is 3.70. The van der Waals surface area contributed by atoms with E-state index in [9.17, 15) is 4.79 Å². The highest BCUT2D eigenvalue weighted by Crippen LogP contribution is 2.16. The number of guanidine groups is 1. The Bertz CT molecular complexity index is 795. The van der Waals surface area contributed by atoms with E-state index in [2.05, 4.69) is 25.6 Å². The number of amides is 1. The summed E-state index contributed by atoms with van der Waals surface area (Å²) in [6, 6.07) is 10.1. The first-order chi connectivity index (χ1) is 13.8. The molecule has 0 atom stereocenters. The van der Waals surface area contributed by atoms with Crippen molar-refractivity contribution in [1.82, 2.24) is 25.5 Å². The Labute approximate surface area is 172 Å². The van der Waals surface area contributed by atoms with Crippen molar-refractivity contribution in [3.05, 3.63) is 42.4 Å². The molecule has 8 nitrogen and oxygen atoms in total. The summed E-state index contributed by atoms with van der Waals surface area (Å²) in [5, 5.41) is 6.04. The van der Waals surface area contributed by atoms with Crippen molar-refractivity contribution in [2.45, 2.75) is 39.3 Å². The van der Waals surface area contributed by atoms with E-state index in [1.54, 1.807) is 7.05 Å². The fourth-order valence-electron chi connectivity index (χ4n) is 2.68. The molecule has 2 rings (SSSR count). The number of hydrogen-bond acceptors (Lipinski definition) is 4. The number of alkyl carbamates (subject to hydrolysis) is 1. The first kappa shape index (κ1) is 22.3. The van der Waals surface area contributed by atoms with E-state index in [-0.39, 0.29) is 0 Å². The number of nitrogens with zero attached hydrogens (tertiary/aromatic N) is 3. The van der Waals surface area contributed by atoms with Crippen molar-refractivity contribution < 1.29 is 9.53 Å². The van der Waals surface area contributed by atoms with Crippen molar-refractivity contribution >= 4 is 12.1 Å². The first-order valence-corrected chi connectivity index (χ1v) is 9.76. The monoisotopic (exact) mass is 400 g/mol. The molecular weight excluding hydrogens is 368 g/mol. The molecule has 8 heteroatoms. The topological polar surface area (TPSA) is 94.6 Å². The smallest absolute Gasteiger partial charge is 0.407 e. The standard InChI is InChI=1S/C21H32N6O2/c1-21(2,3)29-20(28)24-13-9-12-23-19(22-4)27(5)15-18-25-14-17(26-18)16-10-7-6-8-11-16/h6-8,10-11,14H,9,12-13,15H2,1-5H3,(H,22,23)(H,24,28)(H,25,26). The van der Waals surface area contributed by atoms with Gasteiger partial charge in [0.15, 0.2) is 5.96 Å². The van der Waals surface area contributed by atoms with Gasteiger partial charge in [-0.15, -0.1) is 0 Å². The Morgan fingerprint density at radius 2 is 1.90 bits per heavy atom. The maximum absolute atomic E-state index is 11.6. The molecule has 0 unspecified atom stereocenters. The molecular formula is C21H32N6O2. The van der Waals surface area contributed by atoms with Crippen LogP contribution in [0.3, 0.4) is 0 Å². The Balaban J connectivity index is 1.74. The number of hydrogen-bond donors (Lipinski definition) is 3. The number of aromatic amines is 1. The summed E-state index contributed by atoms with van der Waals surface area (Å²) in [6.45, 7) is 7.34. The van der Waals surface area contributed by atoms with Crippen LogP contribution < -0.4 is 10.6 Å². The van der Waals surface area contributed by atoms with Crippen LogP contribution in [0.2, 0.25) is 0 Å². The lowest BCUT2D eigenvalue weighted by atomic mass is 10.2. The zero-order valence-corrected chi connectivity index (χ0v) is 18.0. The van der Waals surface area contributed by atoms with E-state index in [1.807, 2.05) is 69.2 Å². The summed E-state index contributed by atoms with van der Waals surface area (Å²) < 4.78 is 5.21. The van der Waals surface area contributed by atoms with Crippen LogP contribution in [0.1, 0.15) is 33.0 Å². The molecule has 0 radical (unpaired) electrons. The summed E-state index contributed by atoms with van der Waals surface area (Å²) in [5.41, 5.74) is 1.61. The fraction of sp³-hybridized carbons (Fsp3) is 0.476. The molecule has 158 valence electrons. The number of benzene rings is 1. The fourth-order valence-corrected chi connectivity index (χ4v) is 2.68. The summed E-state index contributed by atoms with van der Waals surface area (Å²) in [4.78, 5) is 25.8. The van der Waals surface area contributed by atoms with Crippen LogP contribution in [0, 0.1) is 0 Å². The van der Waals surface area contributed by atoms with Gasteiger partial charge in [-0.2, -0.15) is 0 Å². The van der Waals surface area contributed by atoms with Crippen LogP contribution >= 0.6 is 0 Å². The van der Waals surface area contributed by atoms with Crippen molar-refractivity contribution in [3.8, 4) is 11.3 Å². The SMILES string of the molecule is CN=C(NCCCNC(=O)OC(C)(C)C)N(C)Cc1ncc(-c2ccccc2)[nH]1. The van der Waals surface area contributed by atoms with E-state index >= 15 is 0 Å². The molecule has 0 spiro atoms. The Hall–Kier alpha value is -3.03. The number of aromatic nitrogens is 2. The van der Waals surface area contributed by atoms with Crippen molar-refractivity contribution in [2.75, 3.05) is 27.2 Å². The summed E-state index contributed by atoms with van der Waals surface area (Å²) in [6.07, 6.45) is 2.20. The predicted molar refractivity (Wildman–Crippen MR) is 116 cm³/mol. The molecule has 0 saturated heterocycles. The lowest BCUT2D eigenvalue weighted by Gasteiger charge is -2.21. The van der Waals surface area contributed by atoms with Gasteiger partial charge in [0, 0.05) is 27.2 Å². The van der Waals surface area contributed by atoms with Crippen LogP contribution in [0.15, 0.2) is 41.5 Å². The third-order valence-electron chi connectivity index (χ3n) is 3.98. The number of imidazole rings is 1. The number of aliphatic imine (C=N–C) groups is 1. The maximum Gasteiger partial charge on any atom is 0.407 e. The molecule has 1 heterocycles. The molecule has 0 aliphatic heterocycles. The molecule has 0 fully saturated rings. The van der Waals surface area contributed by atoms with Gasteiger partial charge in [-0.1, -0.05) is 30.3 Å².